The van der Waals surface area contributed by atoms with E-state index in [1.807, 2.05) is 44.3 Å². The summed E-state index contributed by atoms with van der Waals surface area (Å²) in [5.41, 5.74) is 3.00. The maximum atomic E-state index is 13.0. The van der Waals surface area contributed by atoms with Crippen molar-refractivity contribution in [2.75, 3.05) is 13.6 Å². The Hall–Kier alpha value is -2.90. The number of hydrogen-bond donors (Lipinski definition) is 3. The number of hydrogen-bond acceptors (Lipinski definition) is 3. The number of carbonyl (C=O) groups is 3. The maximum absolute atomic E-state index is 13.0. The monoisotopic (exact) mass is 415 g/mol. The summed E-state index contributed by atoms with van der Waals surface area (Å²) in [4.78, 5) is 38.8. The van der Waals surface area contributed by atoms with E-state index in [0.29, 0.717) is 23.6 Å². The van der Waals surface area contributed by atoms with E-state index in [1.54, 1.807) is 24.3 Å². The Bertz CT molecular complexity index is 904. The summed E-state index contributed by atoms with van der Waals surface area (Å²) in [6.45, 7) is 2.53. The number of carbonyl (C=O) groups excluding carboxylic acids is 3. The topological polar surface area (TPSA) is 83.0 Å². The first kappa shape index (κ1) is 20.8. The van der Waals surface area contributed by atoms with Gasteiger partial charge in [0.15, 0.2) is 6.54 Å². The van der Waals surface area contributed by atoms with Crippen LogP contribution < -0.4 is 15.6 Å². The van der Waals surface area contributed by atoms with Crippen LogP contribution >= 0.6 is 11.6 Å². The number of nitrogens with one attached hydrogen (secondary N) is 3. The van der Waals surface area contributed by atoms with Crippen molar-refractivity contribution >= 4 is 29.4 Å². The van der Waals surface area contributed by atoms with E-state index in [0.717, 1.165) is 15.5 Å². The normalized spacial score (nSPS) is 19.8. The quantitative estimate of drug-likeness (QED) is 0.595. The van der Waals surface area contributed by atoms with Gasteiger partial charge in [-0.25, -0.2) is 4.79 Å². The molecule has 0 aliphatic carbocycles. The molecule has 0 saturated carbocycles. The lowest BCUT2D eigenvalue weighted by Gasteiger charge is -2.25. The van der Waals surface area contributed by atoms with Gasteiger partial charge in [0.05, 0.1) is 7.05 Å². The second-order valence-electron chi connectivity index (χ2n) is 7.17. The number of benzene rings is 2. The number of hydrazine groups is 1. The van der Waals surface area contributed by atoms with Gasteiger partial charge < -0.3 is 10.2 Å². The Labute approximate surface area is 174 Å². The van der Waals surface area contributed by atoms with Crippen molar-refractivity contribution in [3.63, 3.8) is 0 Å². The minimum Gasteiger partial charge on any atom is -0.326 e. The zero-order valence-electron chi connectivity index (χ0n) is 16.4. The SMILES string of the molecule is CC[C@@]1(c2ccccc2)NC(=O)N(NC(=O)C[NH+](C)Cc2ccc(Cl)cc2)C1=O. The third-order valence-electron chi connectivity index (χ3n) is 5.01. The minimum atomic E-state index is -1.17. The number of halogens is 1. The highest BCUT2D eigenvalue weighted by atomic mass is 35.5. The average Bonchev–Trinajstić information content (AvgIpc) is 2.95. The number of imide groups is 1. The lowest BCUT2D eigenvalue weighted by atomic mass is 9.87. The fourth-order valence-corrected chi connectivity index (χ4v) is 3.62. The number of nitrogens with zero attached hydrogens (tertiary/aromatic N) is 1. The van der Waals surface area contributed by atoms with Crippen LogP contribution in [0.2, 0.25) is 5.02 Å². The third kappa shape index (κ3) is 4.41. The van der Waals surface area contributed by atoms with Gasteiger partial charge >= 0.3 is 6.03 Å². The van der Waals surface area contributed by atoms with Gasteiger partial charge in [-0.1, -0.05) is 61.0 Å². The van der Waals surface area contributed by atoms with Crippen molar-refractivity contribution in [1.29, 1.82) is 0 Å². The second kappa shape index (κ2) is 8.63. The molecule has 152 valence electrons. The summed E-state index contributed by atoms with van der Waals surface area (Å²) in [7, 11) is 1.86. The molecule has 0 aromatic heterocycles. The molecule has 29 heavy (non-hydrogen) atoms. The highest BCUT2D eigenvalue weighted by Crippen LogP contribution is 2.31. The molecule has 1 unspecified atom stereocenters. The smallest absolute Gasteiger partial charge is 0.326 e. The number of rotatable bonds is 7. The maximum Gasteiger partial charge on any atom is 0.344 e. The Balaban J connectivity index is 1.65. The van der Waals surface area contributed by atoms with Gasteiger partial charge in [0.2, 0.25) is 0 Å². The molecule has 2 aromatic rings. The Morgan fingerprint density at radius 3 is 2.41 bits per heavy atom. The Morgan fingerprint density at radius 1 is 1.14 bits per heavy atom. The average molecular weight is 416 g/mol. The Kier molecular flexibility index (Phi) is 6.20. The van der Waals surface area contributed by atoms with Gasteiger partial charge in [0.25, 0.3) is 11.8 Å². The molecule has 2 atom stereocenters. The van der Waals surface area contributed by atoms with Gasteiger partial charge in [-0.05, 0) is 24.1 Å². The molecule has 4 amide bonds. The first-order valence-corrected chi connectivity index (χ1v) is 9.81. The fourth-order valence-electron chi connectivity index (χ4n) is 3.49. The number of amides is 4. The van der Waals surface area contributed by atoms with E-state index < -0.39 is 23.4 Å². The van der Waals surface area contributed by atoms with E-state index in [4.69, 9.17) is 11.6 Å². The lowest BCUT2D eigenvalue weighted by molar-refractivity contribution is -0.885. The zero-order valence-corrected chi connectivity index (χ0v) is 17.1. The summed E-state index contributed by atoms with van der Waals surface area (Å²) < 4.78 is 0. The molecule has 1 fully saturated rings. The minimum absolute atomic E-state index is 0.101. The molecule has 1 heterocycles. The summed E-state index contributed by atoms with van der Waals surface area (Å²) in [6, 6.07) is 15.8. The first-order valence-electron chi connectivity index (χ1n) is 9.43. The zero-order chi connectivity index (χ0) is 21.0. The van der Waals surface area contributed by atoms with Crippen LogP contribution in [0.1, 0.15) is 24.5 Å². The van der Waals surface area contributed by atoms with E-state index in [1.165, 1.54) is 0 Å². The van der Waals surface area contributed by atoms with Crippen LogP contribution in [0.3, 0.4) is 0 Å². The van der Waals surface area contributed by atoms with Gasteiger partial charge in [0.1, 0.15) is 12.1 Å². The summed E-state index contributed by atoms with van der Waals surface area (Å²) in [5, 5.41) is 4.18. The lowest BCUT2D eigenvalue weighted by Crippen LogP contribution is -3.09. The van der Waals surface area contributed by atoms with Crippen LogP contribution in [0, 0.1) is 0 Å². The first-order chi connectivity index (χ1) is 13.9. The van der Waals surface area contributed by atoms with Gasteiger partial charge in [-0.2, -0.15) is 5.01 Å². The summed E-state index contributed by atoms with van der Waals surface area (Å²) in [5.74, 6) is -0.903. The van der Waals surface area contributed by atoms with Crippen LogP contribution in [0.15, 0.2) is 54.6 Å². The molecule has 0 radical (unpaired) electrons. The summed E-state index contributed by atoms with van der Waals surface area (Å²) >= 11 is 5.89. The van der Waals surface area contributed by atoms with Crippen molar-refractivity contribution < 1.29 is 19.3 Å². The molecule has 8 heteroatoms. The standard InChI is InChI=1S/C21H23ClN4O3/c1-3-21(16-7-5-4-6-8-16)19(28)26(20(29)23-21)24-18(27)14-25(2)13-15-9-11-17(22)12-10-15/h4-12H,3,13-14H2,1-2H3,(H,23,29)(H,24,27)/p+1/t21-/m0/s1. The van der Waals surface area contributed by atoms with Crippen LogP contribution in [-0.2, 0) is 21.7 Å². The predicted octanol–water partition coefficient (Wildman–Crippen LogP) is 1.24. The molecule has 7 nitrogen and oxygen atoms in total. The van der Waals surface area contributed by atoms with Crippen LogP contribution in [0.4, 0.5) is 4.79 Å². The van der Waals surface area contributed by atoms with Crippen molar-refractivity contribution in [1.82, 2.24) is 15.8 Å². The second-order valence-corrected chi connectivity index (χ2v) is 7.60. The molecule has 1 aliphatic heterocycles. The van der Waals surface area contributed by atoms with Gasteiger partial charge in [-0.15, -0.1) is 0 Å². The van der Waals surface area contributed by atoms with E-state index in [2.05, 4.69) is 10.7 Å². The highest BCUT2D eigenvalue weighted by Gasteiger charge is 2.52. The summed E-state index contributed by atoms with van der Waals surface area (Å²) in [6.07, 6.45) is 0.371. The number of quaternary nitrogens is 1. The fraction of sp³-hybridized carbons (Fsp3) is 0.286. The molecule has 2 aromatic carbocycles. The highest BCUT2D eigenvalue weighted by molar-refractivity contribution is 6.30. The molecule has 1 saturated heterocycles. The number of urea groups is 1. The van der Waals surface area contributed by atoms with E-state index in [9.17, 15) is 14.4 Å². The van der Waals surface area contributed by atoms with Crippen molar-refractivity contribution in [2.45, 2.75) is 25.4 Å². The molecular formula is C21H24ClN4O3+. The third-order valence-corrected chi connectivity index (χ3v) is 5.26. The Morgan fingerprint density at radius 2 is 1.79 bits per heavy atom. The van der Waals surface area contributed by atoms with Crippen LogP contribution in [-0.4, -0.2) is 36.4 Å². The van der Waals surface area contributed by atoms with E-state index >= 15 is 0 Å². The van der Waals surface area contributed by atoms with Crippen molar-refractivity contribution in [3.8, 4) is 0 Å². The molecule has 0 spiro atoms. The molecule has 0 bridgehead atoms. The largest absolute Gasteiger partial charge is 0.344 e. The molecule has 3 N–H and O–H groups in total. The predicted molar refractivity (Wildman–Crippen MR) is 109 cm³/mol. The molecular weight excluding hydrogens is 392 g/mol. The van der Waals surface area contributed by atoms with E-state index in [-0.39, 0.29) is 6.54 Å². The molecule has 3 rings (SSSR count). The van der Waals surface area contributed by atoms with Crippen LogP contribution in [0.25, 0.3) is 0 Å². The number of likely N-dealkylation sites (N-methyl/N-ethyl adjacent to an activating group) is 1. The van der Waals surface area contributed by atoms with Crippen LogP contribution in [0.5, 0.6) is 0 Å². The van der Waals surface area contributed by atoms with Gasteiger partial charge in [0, 0.05) is 10.6 Å². The van der Waals surface area contributed by atoms with Crippen molar-refractivity contribution in [2.24, 2.45) is 0 Å². The molecule has 1 aliphatic rings. The van der Waals surface area contributed by atoms with Gasteiger partial charge in [-0.3, -0.25) is 15.0 Å². The van der Waals surface area contributed by atoms with Crippen molar-refractivity contribution in [3.05, 3.63) is 70.7 Å².